The molecule has 1 aromatic heterocycles. The van der Waals surface area contributed by atoms with E-state index in [-0.39, 0.29) is 11.2 Å². The molecule has 0 saturated carbocycles. The van der Waals surface area contributed by atoms with Gasteiger partial charge in [0.15, 0.2) is 0 Å². The minimum atomic E-state index is -0.650. The third-order valence-electron chi connectivity index (χ3n) is 1.96. The second-order valence-corrected chi connectivity index (χ2v) is 4.29. The molecule has 0 fully saturated rings. The van der Waals surface area contributed by atoms with Crippen LogP contribution in [0.4, 0.5) is 4.39 Å². The molecule has 2 rings (SSSR count). The highest BCUT2D eigenvalue weighted by Gasteiger charge is 2.08. The average molecular weight is 271 g/mol. The molecular formula is C11H8ClFN2OS. The number of thioether (sulfide) groups is 1. The van der Waals surface area contributed by atoms with Gasteiger partial charge in [-0.15, -0.1) is 11.8 Å². The lowest BCUT2D eigenvalue weighted by atomic mass is 10.3. The van der Waals surface area contributed by atoms with Gasteiger partial charge in [-0.05, 0) is 42.1 Å². The number of rotatable bonds is 3. The largest absolute Gasteiger partial charge is 0.436 e. The second-order valence-electron chi connectivity index (χ2n) is 3.07. The van der Waals surface area contributed by atoms with Gasteiger partial charge in [-0.1, -0.05) is 0 Å². The third kappa shape index (κ3) is 3.08. The quantitative estimate of drug-likeness (QED) is 0.628. The molecule has 0 amide bonds. The summed E-state index contributed by atoms with van der Waals surface area (Å²) in [7, 11) is 0. The maximum Gasteiger partial charge on any atom is 0.260 e. The van der Waals surface area contributed by atoms with Crippen molar-refractivity contribution in [1.82, 2.24) is 9.97 Å². The summed E-state index contributed by atoms with van der Waals surface area (Å²) in [5, 5.41) is -0.0536. The van der Waals surface area contributed by atoms with Crippen molar-refractivity contribution in [3.05, 3.63) is 41.6 Å². The normalized spacial score (nSPS) is 10.3. The summed E-state index contributed by atoms with van der Waals surface area (Å²) in [6.07, 6.45) is 2.95. The van der Waals surface area contributed by atoms with Crippen LogP contribution in [0, 0.1) is 5.82 Å². The summed E-state index contributed by atoms with van der Waals surface area (Å²) in [6, 6.07) is 7.23. The Morgan fingerprint density at radius 2 is 2.00 bits per heavy atom. The van der Waals surface area contributed by atoms with Gasteiger partial charge >= 0.3 is 0 Å². The lowest BCUT2D eigenvalue weighted by Gasteiger charge is -2.05. The highest BCUT2D eigenvalue weighted by molar-refractivity contribution is 7.98. The van der Waals surface area contributed by atoms with Gasteiger partial charge in [0.25, 0.3) is 5.88 Å². The molecule has 3 nitrogen and oxygen atoms in total. The van der Waals surface area contributed by atoms with E-state index in [1.807, 2.05) is 18.4 Å². The van der Waals surface area contributed by atoms with Crippen molar-refractivity contribution in [2.75, 3.05) is 6.26 Å². The number of hydrogen-bond donors (Lipinski definition) is 0. The number of hydrogen-bond acceptors (Lipinski definition) is 4. The first-order valence-corrected chi connectivity index (χ1v) is 6.29. The lowest BCUT2D eigenvalue weighted by Crippen LogP contribution is -1.94. The van der Waals surface area contributed by atoms with Crippen LogP contribution in [0.15, 0.2) is 35.4 Å². The van der Waals surface area contributed by atoms with Crippen LogP contribution in [0.1, 0.15) is 0 Å². The zero-order valence-corrected chi connectivity index (χ0v) is 10.4. The molecule has 88 valence electrons. The zero-order valence-electron chi connectivity index (χ0n) is 8.85. The Morgan fingerprint density at radius 1 is 1.29 bits per heavy atom. The summed E-state index contributed by atoms with van der Waals surface area (Å²) in [4.78, 5) is 8.26. The van der Waals surface area contributed by atoms with Crippen molar-refractivity contribution in [3.8, 4) is 11.6 Å². The van der Waals surface area contributed by atoms with Crippen LogP contribution in [0.2, 0.25) is 5.28 Å². The van der Waals surface area contributed by atoms with Gasteiger partial charge in [0.2, 0.25) is 11.1 Å². The first-order valence-electron chi connectivity index (χ1n) is 4.69. The highest BCUT2D eigenvalue weighted by atomic mass is 35.5. The molecule has 0 radical (unpaired) electrons. The van der Waals surface area contributed by atoms with Crippen molar-refractivity contribution in [1.29, 1.82) is 0 Å². The molecule has 0 saturated heterocycles. The summed E-state index contributed by atoms with van der Waals surface area (Å²) in [5.41, 5.74) is 0. The molecule has 0 aliphatic carbocycles. The fourth-order valence-electron chi connectivity index (χ4n) is 1.16. The van der Waals surface area contributed by atoms with Crippen molar-refractivity contribution in [2.45, 2.75) is 4.90 Å². The Labute approximate surface area is 107 Å². The van der Waals surface area contributed by atoms with Gasteiger partial charge in [0.05, 0.1) is 6.20 Å². The molecule has 0 unspecified atom stereocenters. The van der Waals surface area contributed by atoms with Crippen LogP contribution < -0.4 is 4.74 Å². The van der Waals surface area contributed by atoms with Crippen molar-refractivity contribution in [3.63, 3.8) is 0 Å². The third-order valence-corrected chi connectivity index (χ3v) is 2.88. The van der Waals surface area contributed by atoms with Gasteiger partial charge in [0.1, 0.15) is 5.75 Å². The smallest absolute Gasteiger partial charge is 0.260 e. The summed E-state index contributed by atoms with van der Waals surface area (Å²) < 4.78 is 18.6. The predicted octanol–water partition coefficient (Wildman–Crippen LogP) is 3.78. The van der Waals surface area contributed by atoms with E-state index < -0.39 is 5.82 Å². The van der Waals surface area contributed by atoms with E-state index in [9.17, 15) is 4.39 Å². The monoisotopic (exact) mass is 270 g/mol. The first-order chi connectivity index (χ1) is 8.19. The van der Waals surface area contributed by atoms with Crippen molar-refractivity contribution < 1.29 is 9.13 Å². The summed E-state index contributed by atoms with van der Waals surface area (Å²) in [5.74, 6) is -0.332. The number of benzene rings is 1. The van der Waals surface area contributed by atoms with Gasteiger partial charge in [0, 0.05) is 4.90 Å². The SMILES string of the molecule is CSc1ccc(Oc2nc(Cl)ncc2F)cc1. The van der Waals surface area contributed by atoms with E-state index in [0.717, 1.165) is 11.1 Å². The fourth-order valence-corrected chi connectivity index (χ4v) is 1.69. The van der Waals surface area contributed by atoms with Crippen LogP contribution in [0.3, 0.4) is 0 Å². The Hall–Kier alpha value is -1.33. The number of halogens is 2. The Morgan fingerprint density at radius 3 is 2.65 bits per heavy atom. The van der Waals surface area contributed by atoms with E-state index in [1.165, 1.54) is 0 Å². The van der Waals surface area contributed by atoms with Gasteiger partial charge < -0.3 is 4.74 Å². The van der Waals surface area contributed by atoms with E-state index in [2.05, 4.69) is 9.97 Å². The molecular weight excluding hydrogens is 263 g/mol. The van der Waals surface area contributed by atoms with E-state index in [4.69, 9.17) is 16.3 Å². The standard InChI is InChI=1S/C11H8ClFN2OS/c1-17-8-4-2-7(3-5-8)16-10-9(13)6-14-11(12)15-10/h2-6H,1H3. The van der Waals surface area contributed by atoms with Crippen molar-refractivity contribution >= 4 is 23.4 Å². The first kappa shape index (κ1) is 12.1. The van der Waals surface area contributed by atoms with E-state index in [0.29, 0.717) is 5.75 Å². The van der Waals surface area contributed by atoms with E-state index >= 15 is 0 Å². The molecule has 17 heavy (non-hydrogen) atoms. The molecule has 0 bridgehead atoms. The zero-order chi connectivity index (χ0) is 12.3. The average Bonchev–Trinajstić information content (AvgIpc) is 2.35. The lowest BCUT2D eigenvalue weighted by molar-refractivity contribution is 0.419. The van der Waals surface area contributed by atoms with Crippen LogP contribution in [-0.2, 0) is 0 Å². The van der Waals surface area contributed by atoms with Crippen LogP contribution in [0.25, 0.3) is 0 Å². The fraction of sp³-hybridized carbons (Fsp3) is 0.0909. The number of aromatic nitrogens is 2. The molecule has 0 spiro atoms. The predicted molar refractivity (Wildman–Crippen MR) is 65.3 cm³/mol. The highest BCUT2D eigenvalue weighted by Crippen LogP contribution is 2.25. The second kappa shape index (κ2) is 5.33. The number of nitrogens with zero attached hydrogens (tertiary/aromatic N) is 2. The molecule has 1 heterocycles. The van der Waals surface area contributed by atoms with Crippen LogP contribution in [0.5, 0.6) is 11.6 Å². The van der Waals surface area contributed by atoms with Crippen LogP contribution in [-0.4, -0.2) is 16.2 Å². The van der Waals surface area contributed by atoms with Crippen LogP contribution >= 0.6 is 23.4 Å². The van der Waals surface area contributed by atoms with Crippen molar-refractivity contribution in [2.24, 2.45) is 0 Å². The van der Waals surface area contributed by atoms with Gasteiger partial charge in [-0.3, -0.25) is 0 Å². The Balaban J connectivity index is 2.22. The van der Waals surface area contributed by atoms with Gasteiger partial charge in [-0.2, -0.15) is 9.37 Å². The molecule has 0 atom stereocenters. The van der Waals surface area contributed by atoms with E-state index in [1.54, 1.807) is 23.9 Å². The molecule has 0 N–H and O–H groups in total. The maximum atomic E-state index is 13.3. The van der Waals surface area contributed by atoms with Gasteiger partial charge in [-0.25, -0.2) is 4.98 Å². The topological polar surface area (TPSA) is 35.0 Å². The summed E-state index contributed by atoms with van der Waals surface area (Å²) >= 11 is 7.17. The minimum absolute atomic E-state index is 0.0536. The minimum Gasteiger partial charge on any atom is -0.436 e. The molecule has 0 aliphatic heterocycles. The molecule has 1 aromatic carbocycles. The molecule has 0 aliphatic rings. The summed E-state index contributed by atoms with van der Waals surface area (Å²) in [6.45, 7) is 0. The molecule has 2 aromatic rings. The maximum absolute atomic E-state index is 13.3. The number of ether oxygens (including phenoxy) is 1. The Bertz CT molecular complexity index is 521. The molecule has 6 heteroatoms. The Kier molecular flexibility index (Phi) is 3.81.